The number of aryl methyl sites for hydroxylation is 1. The van der Waals surface area contributed by atoms with Crippen LogP contribution in [0.2, 0.25) is 5.02 Å². The molecule has 9 heteroatoms. The van der Waals surface area contributed by atoms with Crippen molar-refractivity contribution in [1.82, 2.24) is 10.2 Å². The number of benzene rings is 4. The van der Waals surface area contributed by atoms with E-state index in [1.165, 1.54) is 24.1 Å². The Morgan fingerprint density at radius 3 is 1.98 bits per heavy atom. The molecule has 0 aliphatic carbocycles. The van der Waals surface area contributed by atoms with Crippen molar-refractivity contribution in [1.29, 1.82) is 0 Å². The minimum atomic E-state index is -4.12. The molecule has 0 radical (unpaired) electrons. The number of nitrogens with one attached hydrogen (secondary N) is 1. The quantitative estimate of drug-likeness (QED) is 0.260. The second-order valence-electron chi connectivity index (χ2n) is 9.63. The summed E-state index contributed by atoms with van der Waals surface area (Å²) in [7, 11) is -2.60. The summed E-state index contributed by atoms with van der Waals surface area (Å²) >= 11 is 6.09. The van der Waals surface area contributed by atoms with E-state index in [1.807, 2.05) is 37.3 Å². The maximum absolute atomic E-state index is 14.2. The standard InChI is InChI=1S/C32H32ClN3O4S/c1-24-13-19-29(20-14-24)41(39,40)36(28-11-7-4-8-12-28)23-31(37)35(22-26-15-17-27(33)18-16-26)30(32(38)34-2)21-25-9-5-3-6-10-25/h3-20,30H,21-23H2,1-2H3,(H,34,38)/t30-/m0/s1. The van der Waals surface area contributed by atoms with E-state index in [-0.39, 0.29) is 23.8 Å². The van der Waals surface area contributed by atoms with E-state index in [0.29, 0.717) is 10.7 Å². The van der Waals surface area contributed by atoms with Gasteiger partial charge in [0.1, 0.15) is 12.6 Å². The molecule has 0 spiro atoms. The molecule has 0 unspecified atom stereocenters. The van der Waals surface area contributed by atoms with Crippen molar-refractivity contribution in [2.24, 2.45) is 0 Å². The fraction of sp³-hybridized carbons (Fsp3) is 0.188. The molecule has 2 amide bonds. The number of sulfonamides is 1. The normalized spacial score (nSPS) is 11.9. The number of likely N-dealkylation sites (N-methyl/N-ethyl adjacent to an activating group) is 1. The zero-order valence-corrected chi connectivity index (χ0v) is 24.5. The van der Waals surface area contributed by atoms with E-state index in [4.69, 9.17) is 11.6 Å². The predicted octanol–water partition coefficient (Wildman–Crippen LogP) is 5.23. The Labute approximate surface area is 246 Å². The summed E-state index contributed by atoms with van der Waals surface area (Å²) in [6, 6.07) is 30.4. The zero-order chi connectivity index (χ0) is 29.4. The fourth-order valence-corrected chi connectivity index (χ4v) is 6.01. The van der Waals surface area contributed by atoms with E-state index in [1.54, 1.807) is 66.7 Å². The summed E-state index contributed by atoms with van der Waals surface area (Å²) in [6.07, 6.45) is 0.246. The lowest BCUT2D eigenvalue weighted by molar-refractivity contribution is -0.139. The van der Waals surface area contributed by atoms with Crippen LogP contribution in [0.3, 0.4) is 0 Å². The van der Waals surface area contributed by atoms with E-state index in [9.17, 15) is 18.0 Å². The highest BCUT2D eigenvalue weighted by molar-refractivity contribution is 7.92. The van der Waals surface area contributed by atoms with Gasteiger partial charge in [0.2, 0.25) is 11.8 Å². The van der Waals surface area contributed by atoms with Crippen molar-refractivity contribution < 1.29 is 18.0 Å². The first-order chi connectivity index (χ1) is 19.7. The molecular weight excluding hydrogens is 558 g/mol. The number of halogens is 1. The number of rotatable bonds is 11. The van der Waals surface area contributed by atoms with Crippen molar-refractivity contribution in [3.63, 3.8) is 0 Å². The monoisotopic (exact) mass is 589 g/mol. The SMILES string of the molecule is CNC(=O)[C@H](Cc1ccccc1)N(Cc1ccc(Cl)cc1)C(=O)CN(c1ccccc1)S(=O)(=O)c1ccc(C)cc1. The van der Waals surface area contributed by atoms with Crippen LogP contribution in [0.4, 0.5) is 5.69 Å². The van der Waals surface area contributed by atoms with E-state index in [0.717, 1.165) is 21.0 Å². The molecule has 4 aromatic carbocycles. The summed E-state index contributed by atoms with van der Waals surface area (Å²) in [5.41, 5.74) is 2.86. The number of hydrogen-bond acceptors (Lipinski definition) is 4. The van der Waals surface area contributed by atoms with Crippen LogP contribution in [0.15, 0.2) is 114 Å². The van der Waals surface area contributed by atoms with Crippen molar-refractivity contribution in [3.05, 3.63) is 131 Å². The van der Waals surface area contributed by atoms with Crippen LogP contribution in [0.1, 0.15) is 16.7 Å². The van der Waals surface area contributed by atoms with Gasteiger partial charge in [0.15, 0.2) is 0 Å². The molecule has 0 saturated carbocycles. The lowest BCUT2D eigenvalue weighted by atomic mass is 10.0. The van der Waals surface area contributed by atoms with Gasteiger partial charge in [-0.15, -0.1) is 0 Å². The third-order valence-electron chi connectivity index (χ3n) is 6.72. The first kappa shape index (κ1) is 29.8. The molecule has 0 aromatic heterocycles. The van der Waals surface area contributed by atoms with Crippen LogP contribution in [0.25, 0.3) is 0 Å². The number of carbonyl (C=O) groups excluding carboxylic acids is 2. The van der Waals surface area contributed by atoms with E-state index >= 15 is 0 Å². The van der Waals surface area contributed by atoms with Gasteiger partial charge in [0, 0.05) is 25.0 Å². The zero-order valence-electron chi connectivity index (χ0n) is 22.9. The van der Waals surface area contributed by atoms with Gasteiger partial charge in [0.25, 0.3) is 10.0 Å². The summed E-state index contributed by atoms with van der Waals surface area (Å²) < 4.78 is 28.9. The van der Waals surface area contributed by atoms with Gasteiger partial charge in [0.05, 0.1) is 10.6 Å². The molecular formula is C32H32ClN3O4S. The Morgan fingerprint density at radius 1 is 0.805 bits per heavy atom. The molecule has 0 heterocycles. The second-order valence-corrected chi connectivity index (χ2v) is 11.9. The Balaban J connectivity index is 1.76. The minimum absolute atomic E-state index is 0.0659. The maximum Gasteiger partial charge on any atom is 0.264 e. The first-order valence-corrected chi connectivity index (χ1v) is 14.9. The number of carbonyl (C=O) groups is 2. The third kappa shape index (κ3) is 7.54. The Kier molecular flexibility index (Phi) is 9.81. The van der Waals surface area contributed by atoms with Crippen LogP contribution in [-0.2, 0) is 32.6 Å². The fourth-order valence-electron chi connectivity index (χ4n) is 4.47. The second kappa shape index (κ2) is 13.5. The summed E-state index contributed by atoms with van der Waals surface area (Å²) in [4.78, 5) is 29.0. The minimum Gasteiger partial charge on any atom is -0.357 e. The van der Waals surface area contributed by atoms with Crippen LogP contribution >= 0.6 is 11.6 Å². The van der Waals surface area contributed by atoms with Crippen molar-refractivity contribution >= 4 is 39.1 Å². The van der Waals surface area contributed by atoms with E-state index in [2.05, 4.69) is 5.32 Å². The molecule has 212 valence electrons. The number of hydrogen-bond donors (Lipinski definition) is 1. The largest absolute Gasteiger partial charge is 0.357 e. The van der Waals surface area contributed by atoms with Crippen molar-refractivity contribution in [2.75, 3.05) is 17.9 Å². The smallest absolute Gasteiger partial charge is 0.264 e. The molecule has 41 heavy (non-hydrogen) atoms. The molecule has 0 aliphatic rings. The van der Waals surface area contributed by atoms with Crippen LogP contribution in [-0.4, -0.2) is 44.8 Å². The highest BCUT2D eigenvalue weighted by Crippen LogP contribution is 2.25. The lowest BCUT2D eigenvalue weighted by Gasteiger charge is -2.33. The molecule has 0 aliphatic heterocycles. The number of amides is 2. The van der Waals surface area contributed by atoms with Crippen LogP contribution < -0.4 is 9.62 Å². The van der Waals surface area contributed by atoms with Gasteiger partial charge in [-0.25, -0.2) is 8.42 Å². The highest BCUT2D eigenvalue weighted by Gasteiger charge is 2.34. The van der Waals surface area contributed by atoms with Crippen LogP contribution in [0.5, 0.6) is 0 Å². The third-order valence-corrected chi connectivity index (χ3v) is 8.76. The summed E-state index contributed by atoms with van der Waals surface area (Å²) in [6.45, 7) is 1.44. The number of para-hydroxylation sites is 1. The number of nitrogens with zero attached hydrogens (tertiary/aromatic N) is 2. The number of anilines is 1. The van der Waals surface area contributed by atoms with Gasteiger partial charge >= 0.3 is 0 Å². The molecule has 1 N–H and O–H groups in total. The highest BCUT2D eigenvalue weighted by atomic mass is 35.5. The molecule has 0 fully saturated rings. The molecule has 1 atom stereocenters. The lowest BCUT2D eigenvalue weighted by Crippen LogP contribution is -2.53. The van der Waals surface area contributed by atoms with Gasteiger partial charge in [-0.3, -0.25) is 13.9 Å². The van der Waals surface area contributed by atoms with Gasteiger partial charge in [-0.05, 0) is 54.4 Å². The topological polar surface area (TPSA) is 86.8 Å². The molecule has 4 rings (SSSR count). The summed E-state index contributed by atoms with van der Waals surface area (Å²) in [5.74, 6) is -0.882. The van der Waals surface area contributed by atoms with Gasteiger partial charge in [-0.1, -0.05) is 90.0 Å². The maximum atomic E-state index is 14.2. The average Bonchev–Trinajstić information content (AvgIpc) is 2.99. The molecule has 7 nitrogen and oxygen atoms in total. The van der Waals surface area contributed by atoms with E-state index < -0.39 is 28.5 Å². The first-order valence-electron chi connectivity index (χ1n) is 13.1. The molecule has 4 aromatic rings. The molecule has 0 bridgehead atoms. The summed E-state index contributed by atoms with van der Waals surface area (Å²) in [5, 5.41) is 3.22. The van der Waals surface area contributed by atoms with Crippen LogP contribution in [0, 0.1) is 6.92 Å². The Hall–Kier alpha value is -4.14. The van der Waals surface area contributed by atoms with Crippen molar-refractivity contribution in [2.45, 2.75) is 30.8 Å². The Bertz CT molecular complexity index is 1560. The van der Waals surface area contributed by atoms with Gasteiger partial charge < -0.3 is 10.2 Å². The average molecular weight is 590 g/mol. The Morgan fingerprint density at radius 2 is 1.39 bits per heavy atom. The molecule has 0 saturated heterocycles. The predicted molar refractivity (Wildman–Crippen MR) is 162 cm³/mol. The van der Waals surface area contributed by atoms with Gasteiger partial charge in [-0.2, -0.15) is 0 Å². The van der Waals surface area contributed by atoms with Crippen molar-refractivity contribution in [3.8, 4) is 0 Å².